The van der Waals surface area contributed by atoms with Gasteiger partial charge >= 0.3 is 0 Å². The summed E-state index contributed by atoms with van der Waals surface area (Å²) in [6, 6.07) is 4.37. The van der Waals surface area contributed by atoms with Crippen molar-refractivity contribution in [1.82, 2.24) is 5.32 Å². The molecule has 1 amide bonds. The second-order valence-corrected chi connectivity index (χ2v) is 5.76. The molecule has 3 heteroatoms. The van der Waals surface area contributed by atoms with E-state index in [1.807, 2.05) is 13.8 Å². The van der Waals surface area contributed by atoms with Crippen LogP contribution in [0.1, 0.15) is 42.5 Å². The monoisotopic (exact) mass is 248 g/mol. The van der Waals surface area contributed by atoms with E-state index in [4.69, 9.17) is 5.73 Å². The smallest absolute Gasteiger partial charge is 0.219 e. The van der Waals surface area contributed by atoms with Gasteiger partial charge in [0.15, 0.2) is 0 Å². The highest BCUT2D eigenvalue weighted by molar-refractivity contribution is 5.75. The Morgan fingerprint density at radius 2 is 1.72 bits per heavy atom. The minimum Gasteiger partial charge on any atom is -0.370 e. The molecule has 18 heavy (non-hydrogen) atoms. The quantitative estimate of drug-likeness (QED) is 0.840. The first-order valence-corrected chi connectivity index (χ1v) is 6.31. The van der Waals surface area contributed by atoms with E-state index in [0.717, 1.165) is 6.54 Å². The third kappa shape index (κ3) is 4.15. The topological polar surface area (TPSA) is 55.1 Å². The first-order valence-electron chi connectivity index (χ1n) is 6.31. The average molecular weight is 248 g/mol. The number of hydrogen-bond acceptors (Lipinski definition) is 2. The van der Waals surface area contributed by atoms with Gasteiger partial charge in [-0.3, -0.25) is 4.79 Å². The van der Waals surface area contributed by atoms with Gasteiger partial charge in [0, 0.05) is 18.5 Å². The van der Waals surface area contributed by atoms with Gasteiger partial charge in [0.05, 0.1) is 0 Å². The predicted molar refractivity (Wildman–Crippen MR) is 75.4 cm³/mol. The molecule has 0 saturated carbocycles. The van der Waals surface area contributed by atoms with Crippen molar-refractivity contribution in [1.29, 1.82) is 0 Å². The molecule has 3 N–H and O–H groups in total. The summed E-state index contributed by atoms with van der Waals surface area (Å²) in [5, 5.41) is 3.41. The average Bonchev–Trinajstić information content (AvgIpc) is 2.12. The van der Waals surface area contributed by atoms with Gasteiger partial charge in [-0.15, -0.1) is 0 Å². The lowest BCUT2D eigenvalue weighted by Gasteiger charge is -2.26. The molecule has 0 aromatic heterocycles. The van der Waals surface area contributed by atoms with E-state index in [0.29, 0.717) is 6.42 Å². The Labute approximate surface area is 110 Å². The number of rotatable bonds is 5. The van der Waals surface area contributed by atoms with Crippen LogP contribution in [0, 0.1) is 20.8 Å². The second-order valence-electron chi connectivity index (χ2n) is 5.76. The fourth-order valence-electron chi connectivity index (χ4n) is 2.31. The standard InChI is InChI=1S/C15H24N2O/c1-10-6-11(2)13(12(3)7-10)9-17-15(4,5)8-14(16)18/h6-7,17H,8-9H2,1-5H3,(H2,16,18). The number of carbonyl (C=O) groups is 1. The van der Waals surface area contributed by atoms with Crippen LogP contribution in [0.15, 0.2) is 12.1 Å². The Morgan fingerprint density at radius 3 is 2.17 bits per heavy atom. The van der Waals surface area contributed by atoms with E-state index >= 15 is 0 Å². The summed E-state index contributed by atoms with van der Waals surface area (Å²) in [5.74, 6) is -0.273. The van der Waals surface area contributed by atoms with Crippen LogP contribution < -0.4 is 11.1 Å². The van der Waals surface area contributed by atoms with E-state index in [-0.39, 0.29) is 11.4 Å². The van der Waals surface area contributed by atoms with Crippen LogP contribution in [0.4, 0.5) is 0 Å². The molecular formula is C15H24N2O. The molecule has 0 fully saturated rings. The molecule has 3 nitrogen and oxygen atoms in total. The van der Waals surface area contributed by atoms with Crippen LogP contribution in [0.25, 0.3) is 0 Å². The van der Waals surface area contributed by atoms with Crippen molar-refractivity contribution in [3.05, 3.63) is 34.4 Å². The third-order valence-electron chi connectivity index (χ3n) is 3.20. The van der Waals surface area contributed by atoms with E-state index in [1.165, 1.54) is 22.3 Å². The molecule has 0 aliphatic heterocycles. The summed E-state index contributed by atoms with van der Waals surface area (Å²) < 4.78 is 0. The van der Waals surface area contributed by atoms with Crippen LogP contribution in [-0.2, 0) is 11.3 Å². The Kier molecular flexibility index (Phi) is 4.52. The number of carbonyl (C=O) groups excluding carboxylic acids is 1. The highest BCUT2D eigenvalue weighted by atomic mass is 16.1. The minimum atomic E-state index is -0.273. The Balaban J connectivity index is 2.78. The number of nitrogens with two attached hydrogens (primary N) is 1. The van der Waals surface area contributed by atoms with Crippen LogP contribution in [0.2, 0.25) is 0 Å². The summed E-state index contributed by atoms with van der Waals surface area (Å²) in [6.07, 6.45) is 0.344. The van der Waals surface area contributed by atoms with E-state index < -0.39 is 0 Å². The molecular weight excluding hydrogens is 224 g/mol. The van der Waals surface area contributed by atoms with Crippen LogP contribution in [0.5, 0.6) is 0 Å². The molecule has 0 saturated heterocycles. The Hall–Kier alpha value is -1.35. The lowest BCUT2D eigenvalue weighted by molar-refractivity contribution is -0.119. The van der Waals surface area contributed by atoms with Crippen LogP contribution >= 0.6 is 0 Å². The molecule has 0 radical (unpaired) electrons. The fraction of sp³-hybridized carbons (Fsp3) is 0.533. The van der Waals surface area contributed by atoms with Gasteiger partial charge in [-0.2, -0.15) is 0 Å². The van der Waals surface area contributed by atoms with Crippen molar-refractivity contribution < 1.29 is 4.79 Å². The summed E-state index contributed by atoms with van der Waals surface area (Å²) in [5.41, 5.74) is 10.1. The van der Waals surface area contributed by atoms with Gasteiger partial charge in [0.1, 0.15) is 0 Å². The second kappa shape index (κ2) is 5.53. The molecule has 0 unspecified atom stereocenters. The first kappa shape index (κ1) is 14.7. The van der Waals surface area contributed by atoms with Crippen LogP contribution in [0.3, 0.4) is 0 Å². The zero-order valence-electron chi connectivity index (χ0n) is 12.1. The number of hydrogen-bond donors (Lipinski definition) is 2. The maximum Gasteiger partial charge on any atom is 0.219 e. The molecule has 0 spiro atoms. The van der Waals surface area contributed by atoms with Gasteiger partial charge in [-0.05, 0) is 51.3 Å². The first-order chi connectivity index (χ1) is 8.21. The molecule has 0 heterocycles. The number of aryl methyl sites for hydroxylation is 3. The highest BCUT2D eigenvalue weighted by Crippen LogP contribution is 2.18. The van der Waals surface area contributed by atoms with E-state index in [2.05, 4.69) is 38.2 Å². The van der Waals surface area contributed by atoms with Gasteiger partial charge in [-0.25, -0.2) is 0 Å². The van der Waals surface area contributed by atoms with Gasteiger partial charge in [-0.1, -0.05) is 17.7 Å². The summed E-state index contributed by atoms with van der Waals surface area (Å²) in [7, 11) is 0. The maximum atomic E-state index is 11.0. The summed E-state index contributed by atoms with van der Waals surface area (Å²) in [4.78, 5) is 11.0. The number of primary amides is 1. The van der Waals surface area contributed by atoms with Crippen molar-refractivity contribution in [2.75, 3.05) is 0 Å². The molecule has 0 bridgehead atoms. The van der Waals surface area contributed by atoms with Crippen molar-refractivity contribution in [3.8, 4) is 0 Å². The SMILES string of the molecule is Cc1cc(C)c(CNC(C)(C)CC(N)=O)c(C)c1. The molecule has 0 aliphatic carbocycles. The molecule has 0 atom stereocenters. The number of benzene rings is 1. The largest absolute Gasteiger partial charge is 0.370 e. The molecule has 100 valence electrons. The summed E-state index contributed by atoms with van der Waals surface area (Å²) >= 11 is 0. The fourth-order valence-corrected chi connectivity index (χ4v) is 2.31. The number of amides is 1. The lowest BCUT2D eigenvalue weighted by atomic mass is 9.96. The lowest BCUT2D eigenvalue weighted by Crippen LogP contribution is -2.42. The zero-order valence-corrected chi connectivity index (χ0v) is 12.1. The van der Waals surface area contributed by atoms with Crippen molar-refractivity contribution in [3.63, 3.8) is 0 Å². The maximum absolute atomic E-state index is 11.0. The highest BCUT2D eigenvalue weighted by Gasteiger charge is 2.20. The Morgan fingerprint density at radius 1 is 1.22 bits per heavy atom. The van der Waals surface area contributed by atoms with Crippen molar-refractivity contribution >= 4 is 5.91 Å². The van der Waals surface area contributed by atoms with E-state index in [9.17, 15) is 4.79 Å². The normalized spacial score (nSPS) is 11.6. The van der Waals surface area contributed by atoms with Gasteiger partial charge < -0.3 is 11.1 Å². The zero-order chi connectivity index (χ0) is 13.9. The Bertz CT molecular complexity index is 427. The molecule has 1 rings (SSSR count). The predicted octanol–water partition coefficient (Wildman–Crippen LogP) is 2.36. The van der Waals surface area contributed by atoms with E-state index in [1.54, 1.807) is 0 Å². The van der Waals surface area contributed by atoms with Gasteiger partial charge in [0.2, 0.25) is 5.91 Å². The van der Waals surface area contributed by atoms with Crippen molar-refractivity contribution in [2.45, 2.75) is 53.1 Å². The number of nitrogens with one attached hydrogen (secondary N) is 1. The van der Waals surface area contributed by atoms with Gasteiger partial charge in [0.25, 0.3) is 0 Å². The summed E-state index contributed by atoms with van der Waals surface area (Å²) in [6.45, 7) is 11.1. The van der Waals surface area contributed by atoms with Crippen molar-refractivity contribution in [2.24, 2.45) is 5.73 Å². The molecule has 1 aromatic carbocycles. The third-order valence-corrected chi connectivity index (χ3v) is 3.20. The minimum absolute atomic E-state index is 0.268. The molecule has 0 aliphatic rings. The molecule has 1 aromatic rings. The van der Waals surface area contributed by atoms with Crippen LogP contribution in [-0.4, -0.2) is 11.4 Å².